The summed E-state index contributed by atoms with van der Waals surface area (Å²) in [6, 6.07) is 10.7. The molecule has 0 unspecified atom stereocenters. The second-order valence-corrected chi connectivity index (χ2v) is 10.9. The number of nitrogens with one attached hydrogen (secondary N) is 1. The molecule has 1 aliphatic rings. The van der Waals surface area contributed by atoms with Crippen LogP contribution in [0.1, 0.15) is 58.6 Å². The van der Waals surface area contributed by atoms with E-state index in [1.807, 2.05) is 43.7 Å². The van der Waals surface area contributed by atoms with Crippen molar-refractivity contribution in [1.82, 2.24) is 14.7 Å². The molecule has 0 saturated heterocycles. The van der Waals surface area contributed by atoms with Gasteiger partial charge in [-0.2, -0.15) is 0 Å². The van der Waals surface area contributed by atoms with E-state index in [2.05, 4.69) is 40.7 Å². The molecule has 0 radical (unpaired) electrons. The highest BCUT2D eigenvalue weighted by atomic mass is 32.1. The van der Waals surface area contributed by atoms with Crippen molar-refractivity contribution in [3.63, 3.8) is 0 Å². The zero-order valence-electron chi connectivity index (χ0n) is 21.5. The fraction of sp³-hybridized carbons (Fsp3) is 0.393. The van der Waals surface area contributed by atoms with Crippen molar-refractivity contribution >= 4 is 28.6 Å². The lowest BCUT2D eigenvalue weighted by Crippen LogP contribution is -2.43. The Hall–Kier alpha value is -3.39. The van der Waals surface area contributed by atoms with Gasteiger partial charge in [0, 0.05) is 54.0 Å². The lowest BCUT2D eigenvalue weighted by Gasteiger charge is -2.33. The molecule has 0 spiro atoms. The Bertz CT molecular complexity index is 1390. The van der Waals surface area contributed by atoms with Gasteiger partial charge in [0.2, 0.25) is 11.9 Å². The van der Waals surface area contributed by atoms with Crippen molar-refractivity contribution in [2.45, 2.75) is 58.5 Å². The summed E-state index contributed by atoms with van der Waals surface area (Å²) in [6.45, 7) is 4.50. The van der Waals surface area contributed by atoms with Gasteiger partial charge in [0.25, 0.3) is 5.91 Å². The standard InChI is InChI=1S/C28H33N5O2S/c1-19-10-12-21(17-33(19)35-4)15-30-28(34)22-14-24(31(3)23-8-6-5-7-9-23)27-29-16-25(32(27)18-22)26-13-11-20(2)36-26/h10-14,16-18,23H,5-9,15H2,1-4H3/p+1. The quantitative estimate of drug-likeness (QED) is 0.370. The number of aromatic nitrogens is 3. The van der Waals surface area contributed by atoms with Gasteiger partial charge in [-0.25, -0.2) is 4.98 Å². The third-order valence-corrected chi connectivity index (χ3v) is 8.19. The Balaban J connectivity index is 1.50. The minimum Gasteiger partial charge on any atom is -0.369 e. The smallest absolute Gasteiger partial charge is 0.253 e. The second kappa shape index (κ2) is 10.3. The number of fused-ring (bicyclic) bond motifs is 1. The van der Waals surface area contributed by atoms with Gasteiger partial charge in [-0.3, -0.25) is 14.0 Å². The first-order valence-electron chi connectivity index (χ1n) is 12.6. The molecule has 1 amide bonds. The number of anilines is 1. The average Bonchev–Trinajstić information content (AvgIpc) is 3.53. The number of carbonyl (C=O) groups excluding carboxylic acids is 1. The lowest BCUT2D eigenvalue weighted by atomic mass is 9.94. The van der Waals surface area contributed by atoms with Crippen LogP contribution in [0, 0.1) is 13.8 Å². The Morgan fingerprint density at radius 3 is 2.75 bits per heavy atom. The van der Waals surface area contributed by atoms with Crippen molar-refractivity contribution in [1.29, 1.82) is 0 Å². The molecular formula is C28H34N5O2S+. The number of nitrogens with zero attached hydrogens (tertiary/aromatic N) is 4. The van der Waals surface area contributed by atoms with Crippen molar-refractivity contribution in [2.75, 3.05) is 19.1 Å². The molecule has 5 rings (SSSR count). The Morgan fingerprint density at radius 1 is 1.22 bits per heavy atom. The molecule has 4 aromatic rings. The van der Waals surface area contributed by atoms with E-state index in [9.17, 15) is 4.79 Å². The second-order valence-electron chi connectivity index (χ2n) is 9.63. The summed E-state index contributed by atoms with van der Waals surface area (Å²) >= 11 is 1.74. The summed E-state index contributed by atoms with van der Waals surface area (Å²) in [5, 5.41) is 3.09. The molecule has 1 fully saturated rings. The van der Waals surface area contributed by atoms with Crippen LogP contribution in [0.15, 0.2) is 48.9 Å². The van der Waals surface area contributed by atoms with Crippen molar-refractivity contribution in [2.24, 2.45) is 0 Å². The maximum absolute atomic E-state index is 13.4. The van der Waals surface area contributed by atoms with Crippen LogP contribution in [-0.2, 0) is 6.54 Å². The molecule has 0 aromatic carbocycles. The predicted octanol–water partition coefficient (Wildman–Crippen LogP) is 4.72. The highest BCUT2D eigenvalue weighted by Gasteiger charge is 2.23. The van der Waals surface area contributed by atoms with Crippen molar-refractivity contribution < 1.29 is 14.4 Å². The number of hydrogen-bond acceptors (Lipinski definition) is 5. The molecule has 0 aliphatic heterocycles. The van der Waals surface area contributed by atoms with Crippen LogP contribution in [0.3, 0.4) is 0 Å². The molecule has 8 heteroatoms. The van der Waals surface area contributed by atoms with Crippen molar-refractivity contribution in [3.8, 4) is 10.6 Å². The molecule has 4 heterocycles. The van der Waals surface area contributed by atoms with Gasteiger partial charge in [0.1, 0.15) is 7.11 Å². The maximum Gasteiger partial charge on any atom is 0.253 e. The van der Waals surface area contributed by atoms with Crippen LogP contribution in [0.4, 0.5) is 5.69 Å². The van der Waals surface area contributed by atoms with Crippen LogP contribution in [-0.4, -0.2) is 35.5 Å². The fourth-order valence-corrected chi connectivity index (χ4v) is 5.93. The van der Waals surface area contributed by atoms with E-state index in [1.165, 1.54) is 37.0 Å². The van der Waals surface area contributed by atoms with Crippen LogP contribution < -0.4 is 19.8 Å². The topological polar surface area (TPSA) is 62.8 Å². The molecule has 0 bridgehead atoms. The molecule has 1 saturated carbocycles. The number of amides is 1. The lowest BCUT2D eigenvalue weighted by molar-refractivity contribution is -0.889. The van der Waals surface area contributed by atoms with Gasteiger partial charge in [-0.15, -0.1) is 11.3 Å². The highest BCUT2D eigenvalue weighted by Crippen LogP contribution is 2.34. The minimum atomic E-state index is -0.109. The number of aryl methyl sites for hydroxylation is 2. The first-order chi connectivity index (χ1) is 17.4. The van der Waals surface area contributed by atoms with Gasteiger partial charge < -0.3 is 10.2 Å². The molecule has 188 valence electrons. The van der Waals surface area contributed by atoms with Crippen LogP contribution in [0.5, 0.6) is 0 Å². The summed E-state index contributed by atoms with van der Waals surface area (Å²) < 4.78 is 3.78. The molecule has 4 aromatic heterocycles. The number of imidazole rings is 1. The predicted molar refractivity (Wildman–Crippen MR) is 144 cm³/mol. The first kappa shape index (κ1) is 24.3. The summed E-state index contributed by atoms with van der Waals surface area (Å²) in [7, 11) is 3.78. The number of hydrogen-bond donors (Lipinski definition) is 1. The van der Waals surface area contributed by atoms with E-state index in [0.29, 0.717) is 18.2 Å². The molecule has 36 heavy (non-hydrogen) atoms. The van der Waals surface area contributed by atoms with E-state index < -0.39 is 0 Å². The van der Waals surface area contributed by atoms with Crippen LogP contribution >= 0.6 is 11.3 Å². The van der Waals surface area contributed by atoms with Gasteiger partial charge in [-0.1, -0.05) is 19.3 Å². The van der Waals surface area contributed by atoms with Crippen LogP contribution in [0.25, 0.3) is 16.2 Å². The molecule has 1 N–H and O–H groups in total. The average molecular weight is 505 g/mol. The monoisotopic (exact) mass is 504 g/mol. The van der Waals surface area contributed by atoms with E-state index in [-0.39, 0.29) is 5.91 Å². The molecule has 7 nitrogen and oxygen atoms in total. The highest BCUT2D eigenvalue weighted by molar-refractivity contribution is 7.15. The maximum atomic E-state index is 13.4. The molecule has 0 atom stereocenters. The van der Waals surface area contributed by atoms with E-state index in [4.69, 9.17) is 9.82 Å². The van der Waals surface area contributed by atoms with Gasteiger partial charge >= 0.3 is 0 Å². The largest absolute Gasteiger partial charge is 0.369 e. The van der Waals surface area contributed by atoms with E-state index in [1.54, 1.807) is 23.2 Å². The Kier molecular flexibility index (Phi) is 6.96. The minimum absolute atomic E-state index is 0.109. The number of carbonyl (C=O) groups is 1. The van der Waals surface area contributed by atoms with E-state index >= 15 is 0 Å². The van der Waals surface area contributed by atoms with Gasteiger partial charge in [-0.05, 0) is 44.0 Å². The normalized spacial score (nSPS) is 14.2. The SMILES string of the molecule is CO[n+]1cc(CNC(=O)c2cc(N(C)C3CCCCC3)c3ncc(-c4ccc(C)s4)n3c2)ccc1C. The number of rotatable bonds is 7. The number of pyridine rings is 2. The summed E-state index contributed by atoms with van der Waals surface area (Å²) in [6.07, 6.45) is 11.9. The third kappa shape index (κ3) is 4.82. The van der Waals surface area contributed by atoms with Crippen molar-refractivity contribution in [3.05, 3.63) is 70.6 Å². The van der Waals surface area contributed by atoms with Gasteiger partial charge in [0.05, 0.1) is 28.0 Å². The van der Waals surface area contributed by atoms with E-state index in [0.717, 1.165) is 33.2 Å². The zero-order valence-corrected chi connectivity index (χ0v) is 22.3. The van der Waals surface area contributed by atoms with Crippen LogP contribution in [0.2, 0.25) is 0 Å². The number of thiophene rings is 1. The zero-order chi connectivity index (χ0) is 25.2. The first-order valence-corrected chi connectivity index (χ1v) is 13.4. The fourth-order valence-electron chi connectivity index (χ4n) is 5.05. The summed E-state index contributed by atoms with van der Waals surface area (Å²) in [5.41, 5.74) is 5.48. The summed E-state index contributed by atoms with van der Waals surface area (Å²) in [5.74, 6) is -0.109. The Labute approximate surface area is 216 Å². The third-order valence-electron chi connectivity index (χ3n) is 7.16. The molecule has 1 aliphatic carbocycles. The van der Waals surface area contributed by atoms with Gasteiger partial charge in [0.15, 0.2) is 5.65 Å². The summed E-state index contributed by atoms with van der Waals surface area (Å²) in [4.78, 5) is 28.3. The Morgan fingerprint density at radius 2 is 2.03 bits per heavy atom. The molecular weight excluding hydrogens is 470 g/mol.